The van der Waals surface area contributed by atoms with Gasteiger partial charge < -0.3 is 9.88 Å². The Morgan fingerprint density at radius 3 is 3.00 bits per heavy atom. The third kappa shape index (κ3) is 2.72. The molecule has 0 aliphatic heterocycles. The van der Waals surface area contributed by atoms with E-state index in [0.717, 1.165) is 35.6 Å². The summed E-state index contributed by atoms with van der Waals surface area (Å²) in [4.78, 5) is 18.2. The number of halogens is 1. The fourth-order valence-corrected chi connectivity index (χ4v) is 2.20. The number of imidazole rings is 1. The lowest BCUT2D eigenvalue weighted by atomic mass is 10.3. The van der Waals surface area contributed by atoms with Crippen LogP contribution in [-0.2, 0) is 6.42 Å². The lowest BCUT2D eigenvalue weighted by Crippen LogP contribution is -2.21. The van der Waals surface area contributed by atoms with Crippen LogP contribution in [0.4, 0.5) is 5.82 Å². The number of nitrogens with zero attached hydrogens (tertiary/aromatic N) is 4. The van der Waals surface area contributed by atoms with Crippen LogP contribution in [-0.4, -0.2) is 33.5 Å². The fraction of sp³-hybridized carbons (Fsp3) is 0.214. The number of hydrogen-bond donors (Lipinski definition) is 1. The summed E-state index contributed by atoms with van der Waals surface area (Å²) in [5.41, 5.74) is 1.90. The van der Waals surface area contributed by atoms with Crippen LogP contribution in [0.15, 0.2) is 36.8 Å². The number of aromatic amines is 1. The minimum atomic E-state index is 0.712. The van der Waals surface area contributed by atoms with Crippen molar-refractivity contribution in [2.24, 2.45) is 0 Å². The Bertz CT molecular complexity index is 710. The molecule has 0 aliphatic carbocycles. The molecular formula is C14H14ClN5. The number of H-pyrrole nitrogens is 1. The molecule has 3 rings (SSSR count). The first kappa shape index (κ1) is 12.9. The van der Waals surface area contributed by atoms with Crippen molar-refractivity contribution in [2.45, 2.75) is 6.42 Å². The highest BCUT2D eigenvalue weighted by Gasteiger charge is 2.06. The van der Waals surface area contributed by atoms with Crippen molar-refractivity contribution in [3.8, 4) is 0 Å². The van der Waals surface area contributed by atoms with Crippen LogP contribution in [0.25, 0.3) is 11.0 Å². The van der Waals surface area contributed by atoms with Crippen molar-refractivity contribution in [1.29, 1.82) is 0 Å². The largest absolute Gasteiger partial charge is 0.358 e. The normalized spacial score (nSPS) is 10.9. The quantitative estimate of drug-likeness (QED) is 0.801. The van der Waals surface area contributed by atoms with Gasteiger partial charge >= 0.3 is 0 Å². The second-order valence-corrected chi connectivity index (χ2v) is 5.02. The summed E-state index contributed by atoms with van der Waals surface area (Å²) < 4.78 is 0. The van der Waals surface area contributed by atoms with Gasteiger partial charge in [-0.25, -0.2) is 9.97 Å². The highest BCUT2D eigenvalue weighted by Crippen LogP contribution is 2.17. The van der Waals surface area contributed by atoms with Crippen LogP contribution in [0.1, 0.15) is 5.82 Å². The highest BCUT2D eigenvalue weighted by atomic mass is 35.5. The number of hydrogen-bond acceptors (Lipinski definition) is 4. The number of benzene rings is 1. The molecule has 0 fully saturated rings. The molecule has 0 radical (unpaired) electrons. The summed E-state index contributed by atoms with van der Waals surface area (Å²) >= 11 is 5.96. The molecule has 0 saturated heterocycles. The van der Waals surface area contributed by atoms with Crippen molar-refractivity contribution in [1.82, 2.24) is 19.9 Å². The molecule has 6 heteroatoms. The van der Waals surface area contributed by atoms with Crippen LogP contribution in [0.5, 0.6) is 0 Å². The van der Waals surface area contributed by atoms with Crippen molar-refractivity contribution in [3.05, 3.63) is 47.6 Å². The van der Waals surface area contributed by atoms with Gasteiger partial charge in [0.05, 0.1) is 17.2 Å². The second kappa shape index (κ2) is 5.46. The van der Waals surface area contributed by atoms with Crippen LogP contribution in [0.3, 0.4) is 0 Å². The van der Waals surface area contributed by atoms with Crippen molar-refractivity contribution >= 4 is 28.5 Å². The van der Waals surface area contributed by atoms with E-state index >= 15 is 0 Å². The molecule has 0 unspecified atom stereocenters. The molecule has 0 bridgehead atoms. The molecule has 102 valence electrons. The summed E-state index contributed by atoms with van der Waals surface area (Å²) in [6, 6.07) is 5.66. The molecule has 5 nitrogen and oxygen atoms in total. The highest BCUT2D eigenvalue weighted by molar-refractivity contribution is 6.31. The summed E-state index contributed by atoms with van der Waals surface area (Å²) in [6.45, 7) is 0.812. The van der Waals surface area contributed by atoms with Gasteiger partial charge in [0.2, 0.25) is 0 Å². The predicted octanol–water partition coefficient (Wildman–Crippen LogP) is 2.69. The van der Waals surface area contributed by atoms with E-state index in [9.17, 15) is 0 Å². The van der Waals surface area contributed by atoms with Crippen LogP contribution in [0.2, 0.25) is 5.02 Å². The first-order chi connectivity index (χ1) is 9.72. The van der Waals surface area contributed by atoms with E-state index in [1.807, 2.05) is 30.1 Å². The Balaban J connectivity index is 1.71. The second-order valence-electron chi connectivity index (χ2n) is 4.58. The molecule has 20 heavy (non-hydrogen) atoms. The number of nitrogens with one attached hydrogen (secondary N) is 1. The topological polar surface area (TPSA) is 57.7 Å². The zero-order chi connectivity index (χ0) is 13.9. The van der Waals surface area contributed by atoms with E-state index < -0.39 is 0 Å². The van der Waals surface area contributed by atoms with E-state index in [1.165, 1.54) is 0 Å². The van der Waals surface area contributed by atoms with Gasteiger partial charge in [-0.05, 0) is 18.2 Å². The van der Waals surface area contributed by atoms with E-state index in [1.54, 1.807) is 18.6 Å². The van der Waals surface area contributed by atoms with Gasteiger partial charge in [-0.2, -0.15) is 0 Å². The number of anilines is 1. The average Bonchev–Trinajstić information content (AvgIpc) is 2.87. The SMILES string of the molecule is CN(CCc1nc2ccc(Cl)cc2[nH]1)c1cnccn1. The first-order valence-corrected chi connectivity index (χ1v) is 6.71. The molecule has 1 N–H and O–H groups in total. The Morgan fingerprint density at radius 2 is 2.20 bits per heavy atom. The molecular weight excluding hydrogens is 274 g/mol. The van der Waals surface area contributed by atoms with Gasteiger partial charge in [0.1, 0.15) is 11.6 Å². The Labute approximate surface area is 121 Å². The maximum absolute atomic E-state index is 5.96. The fourth-order valence-electron chi connectivity index (χ4n) is 2.03. The Morgan fingerprint density at radius 1 is 1.30 bits per heavy atom. The summed E-state index contributed by atoms with van der Waals surface area (Å²) in [5, 5.41) is 0.712. The minimum absolute atomic E-state index is 0.712. The van der Waals surface area contributed by atoms with Gasteiger partial charge in [-0.1, -0.05) is 11.6 Å². The maximum atomic E-state index is 5.96. The standard InChI is InChI=1S/C14H14ClN5/c1-20(14-9-16-5-6-17-14)7-4-13-18-11-3-2-10(15)8-12(11)19-13/h2-3,5-6,8-9H,4,7H2,1H3,(H,18,19). The predicted molar refractivity (Wildman–Crippen MR) is 80.1 cm³/mol. The lowest BCUT2D eigenvalue weighted by molar-refractivity contribution is 0.822. The number of likely N-dealkylation sites (N-methyl/N-ethyl adjacent to an activating group) is 1. The van der Waals surface area contributed by atoms with Crippen LogP contribution >= 0.6 is 11.6 Å². The van der Waals surface area contributed by atoms with Crippen LogP contribution < -0.4 is 4.90 Å². The zero-order valence-corrected chi connectivity index (χ0v) is 11.8. The van der Waals surface area contributed by atoms with Crippen molar-refractivity contribution in [3.63, 3.8) is 0 Å². The molecule has 0 amide bonds. The van der Waals surface area contributed by atoms with E-state index in [4.69, 9.17) is 11.6 Å². The third-order valence-electron chi connectivity index (χ3n) is 3.12. The Hall–Kier alpha value is -2.14. The summed E-state index contributed by atoms with van der Waals surface area (Å²) in [7, 11) is 1.99. The molecule has 3 aromatic rings. The monoisotopic (exact) mass is 287 g/mol. The van der Waals surface area contributed by atoms with Gasteiger partial charge in [-0.15, -0.1) is 0 Å². The van der Waals surface area contributed by atoms with Gasteiger partial charge in [-0.3, -0.25) is 4.98 Å². The van der Waals surface area contributed by atoms with E-state index in [-0.39, 0.29) is 0 Å². The minimum Gasteiger partial charge on any atom is -0.358 e. The molecule has 2 heterocycles. The van der Waals surface area contributed by atoms with Crippen molar-refractivity contribution in [2.75, 3.05) is 18.5 Å². The average molecular weight is 288 g/mol. The van der Waals surface area contributed by atoms with Crippen LogP contribution in [0, 0.1) is 0 Å². The number of aromatic nitrogens is 4. The van der Waals surface area contributed by atoms with E-state index in [0.29, 0.717) is 5.02 Å². The Kier molecular flexibility index (Phi) is 3.52. The molecule has 1 aromatic carbocycles. The molecule has 0 spiro atoms. The smallest absolute Gasteiger partial charge is 0.146 e. The van der Waals surface area contributed by atoms with Gasteiger partial charge in [0, 0.05) is 37.4 Å². The maximum Gasteiger partial charge on any atom is 0.146 e. The van der Waals surface area contributed by atoms with Gasteiger partial charge in [0.15, 0.2) is 0 Å². The lowest BCUT2D eigenvalue weighted by Gasteiger charge is -2.16. The molecule has 0 aliphatic rings. The molecule has 2 aromatic heterocycles. The van der Waals surface area contributed by atoms with E-state index in [2.05, 4.69) is 19.9 Å². The molecule has 0 atom stereocenters. The number of rotatable bonds is 4. The van der Waals surface area contributed by atoms with Crippen molar-refractivity contribution < 1.29 is 0 Å². The number of fused-ring (bicyclic) bond motifs is 1. The first-order valence-electron chi connectivity index (χ1n) is 6.34. The zero-order valence-electron chi connectivity index (χ0n) is 11.0. The third-order valence-corrected chi connectivity index (χ3v) is 3.35. The molecule has 0 saturated carbocycles. The summed E-state index contributed by atoms with van der Waals surface area (Å²) in [5.74, 6) is 1.80. The summed E-state index contributed by atoms with van der Waals surface area (Å²) in [6.07, 6.45) is 5.91. The van der Waals surface area contributed by atoms with Gasteiger partial charge in [0.25, 0.3) is 0 Å².